The molecule has 7 heteroatoms. The largest absolute Gasteiger partial charge is 0.337 e. The maximum absolute atomic E-state index is 13.4. The third kappa shape index (κ3) is 4.71. The minimum atomic E-state index is -0.974. The Kier molecular flexibility index (Phi) is 7.05. The van der Waals surface area contributed by atoms with Crippen LogP contribution in [0.25, 0.3) is 16.6 Å². The molecule has 0 bridgehead atoms. The highest BCUT2D eigenvalue weighted by Gasteiger charge is 2.32. The van der Waals surface area contributed by atoms with Gasteiger partial charge in [-0.1, -0.05) is 56.8 Å². The van der Waals surface area contributed by atoms with Crippen LogP contribution in [0.4, 0.5) is 0 Å². The van der Waals surface area contributed by atoms with Crippen LogP contribution >= 0.6 is 11.8 Å². The molecule has 6 nitrogen and oxygen atoms in total. The van der Waals surface area contributed by atoms with E-state index in [2.05, 4.69) is 18.3 Å². The molecular weight excluding hydrogens is 420 g/mol. The van der Waals surface area contributed by atoms with Crippen molar-refractivity contribution >= 4 is 28.6 Å². The molecule has 0 spiro atoms. The van der Waals surface area contributed by atoms with Gasteiger partial charge < -0.3 is 5.32 Å². The summed E-state index contributed by atoms with van der Waals surface area (Å²) >= 11 is 1.21. The second kappa shape index (κ2) is 9.58. The number of hydrogen-bond donors (Lipinski definition) is 1. The van der Waals surface area contributed by atoms with E-state index >= 15 is 0 Å². The molecule has 2 aromatic carbocycles. The molecule has 2 atom stereocenters. The summed E-state index contributed by atoms with van der Waals surface area (Å²) < 4.78 is 1.56. The number of benzene rings is 2. The third-order valence-corrected chi connectivity index (χ3v) is 6.82. The molecule has 1 N–H and O–H groups in total. The minimum Gasteiger partial charge on any atom is -0.337 e. The smallest absolute Gasteiger partial charge is 0.266 e. The van der Waals surface area contributed by atoms with E-state index in [0.29, 0.717) is 21.7 Å². The van der Waals surface area contributed by atoms with E-state index in [0.717, 1.165) is 6.42 Å². The zero-order valence-corrected chi connectivity index (χ0v) is 19.9. The van der Waals surface area contributed by atoms with Crippen LogP contribution in [0, 0.1) is 17.2 Å². The summed E-state index contributed by atoms with van der Waals surface area (Å²) in [6.45, 7) is 9.33. The number of carbonyl (C=O) groups excluding carboxylic acids is 1. The van der Waals surface area contributed by atoms with Crippen molar-refractivity contribution in [2.75, 3.05) is 0 Å². The van der Waals surface area contributed by atoms with Crippen LogP contribution in [-0.4, -0.2) is 26.2 Å². The molecule has 32 heavy (non-hydrogen) atoms. The predicted octanol–water partition coefficient (Wildman–Crippen LogP) is 4.48. The number of nitrogens with zero attached hydrogens (tertiary/aromatic N) is 3. The highest BCUT2D eigenvalue weighted by atomic mass is 32.2. The third-order valence-electron chi connectivity index (χ3n) is 5.77. The van der Waals surface area contributed by atoms with E-state index in [4.69, 9.17) is 4.98 Å². The molecular formula is C25H28N4O2S. The Bertz CT molecular complexity index is 1230. The monoisotopic (exact) mass is 448 g/mol. The van der Waals surface area contributed by atoms with E-state index < -0.39 is 10.8 Å². The number of nitriles is 1. The van der Waals surface area contributed by atoms with Crippen LogP contribution in [0.15, 0.2) is 58.5 Å². The maximum atomic E-state index is 13.4. The number of rotatable bonds is 7. The number of carbonyl (C=O) groups is 1. The summed E-state index contributed by atoms with van der Waals surface area (Å²) in [5.74, 6) is -0.328. The SMILES string of the molecule is CCc1ccc(-n2c(SC(C)C(=O)NC(C)(C#N)C(C)C)nc3ccccc3c2=O)cc1. The van der Waals surface area contributed by atoms with Gasteiger partial charge in [0.1, 0.15) is 5.54 Å². The highest BCUT2D eigenvalue weighted by molar-refractivity contribution is 8.00. The molecule has 3 rings (SSSR count). The average molecular weight is 449 g/mol. The van der Waals surface area contributed by atoms with Gasteiger partial charge >= 0.3 is 0 Å². The second-order valence-corrected chi connectivity index (χ2v) is 9.60. The van der Waals surface area contributed by atoms with Gasteiger partial charge in [0.15, 0.2) is 5.16 Å². The van der Waals surface area contributed by atoms with Gasteiger partial charge in [0.25, 0.3) is 5.56 Å². The molecule has 3 aromatic rings. The van der Waals surface area contributed by atoms with Crippen LogP contribution in [0.1, 0.15) is 40.2 Å². The van der Waals surface area contributed by atoms with Crippen LogP contribution in [-0.2, 0) is 11.2 Å². The number of hydrogen-bond acceptors (Lipinski definition) is 5. The average Bonchev–Trinajstić information content (AvgIpc) is 2.79. The quantitative estimate of drug-likeness (QED) is 0.425. The molecule has 1 heterocycles. The van der Waals surface area contributed by atoms with Gasteiger partial charge in [0.2, 0.25) is 5.91 Å². The van der Waals surface area contributed by atoms with Gasteiger partial charge in [-0.3, -0.25) is 14.2 Å². The first-order valence-corrected chi connectivity index (χ1v) is 11.6. The van der Waals surface area contributed by atoms with E-state index in [9.17, 15) is 14.9 Å². The molecule has 1 aromatic heterocycles. The van der Waals surface area contributed by atoms with E-state index in [1.165, 1.54) is 17.3 Å². The Hall–Kier alpha value is -3.11. The Morgan fingerprint density at radius 3 is 2.44 bits per heavy atom. The van der Waals surface area contributed by atoms with Crippen molar-refractivity contribution in [1.82, 2.24) is 14.9 Å². The van der Waals surface area contributed by atoms with E-state index in [-0.39, 0.29) is 17.4 Å². The molecule has 0 saturated heterocycles. The fourth-order valence-electron chi connectivity index (χ4n) is 3.17. The van der Waals surface area contributed by atoms with Crippen molar-refractivity contribution in [3.05, 3.63) is 64.4 Å². The van der Waals surface area contributed by atoms with Crippen LogP contribution in [0.5, 0.6) is 0 Å². The number of amides is 1. The zero-order valence-electron chi connectivity index (χ0n) is 19.0. The van der Waals surface area contributed by atoms with Gasteiger partial charge in [0.05, 0.1) is 27.9 Å². The number of fused-ring (bicyclic) bond motifs is 1. The molecule has 0 aliphatic heterocycles. The van der Waals surface area contributed by atoms with Crippen molar-refractivity contribution in [3.8, 4) is 11.8 Å². The summed E-state index contributed by atoms with van der Waals surface area (Å²) in [6.07, 6.45) is 0.900. The topological polar surface area (TPSA) is 87.8 Å². The van der Waals surface area contributed by atoms with Gasteiger partial charge in [0, 0.05) is 0 Å². The van der Waals surface area contributed by atoms with E-state index in [1.54, 1.807) is 30.5 Å². The first-order chi connectivity index (χ1) is 15.2. The van der Waals surface area contributed by atoms with Crippen molar-refractivity contribution in [2.24, 2.45) is 5.92 Å². The molecule has 2 unspecified atom stereocenters. The fourth-order valence-corrected chi connectivity index (χ4v) is 4.10. The predicted molar refractivity (Wildman–Crippen MR) is 129 cm³/mol. The maximum Gasteiger partial charge on any atom is 0.266 e. The summed E-state index contributed by atoms with van der Waals surface area (Å²) in [7, 11) is 0. The molecule has 0 aliphatic rings. The summed E-state index contributed by atoms with van der Waals surface area (Å²) in [5, 5.41) is 12.8. The fraction of sp³-hybridized carbons (Fsp3) is 0.360. The summed E-state index contributed by atoms with van der Waals surface area (Å²) in [4.78, 5) is 31.0. The number of para-hydroxylation sites is 1. The Balaban J connectivity index is 2.04. The van der Waals surface area contributed by atoms with Gasteiger partial charge in [-0.2, -0.15) is 5.26 Å². The minimum absolute atomic E-state index is 0.0531. The molecule has 1 amide bonds. The van der Waals surface area contributed by atoms with Crippen molar-refractivity contribution in [2.45, 2.75) is 57.0 Å². The number of thioether (sulfide) groups is 1. The molecule has 0 aliphatic carbocycles. The Labute approximate surface area is 192 Å². The van der Waals surface area contributed by atoms with Crippen molar-refractivity contribution in [3.63, 3.8) is 0 Å². The number of aryl methyl sites for hydroxylation is 1. The standard InChI is InChI=1S/C25H28N4O2S/c1-6-18-11-13-19(14-12-18)29-23(31)20-9-7-8-10-21(20)27-24(29)32-17(4)22(30)28-25(5,15-26)16(2)3/h7-14,16-17H,6H2,1-5H3,(H,28,30). The lowest BCUT2D eigenvalue weighted by Gasteiger charge is -2.28. The molecule has 0 fully saturated rings. The first kappa shape index (κ1) is 23.6. The Morgan fingerprint density at radius 1 is 1.19 bits per heavy atom. The summed E-state index contributed by atoms with van der Waals surface area (Å²) in [6, 6.07) is 17.2. The van der Waals surface area contributed by atoms with Gasteiger partial charge in [-0.25, -0.2) is 4.98 Å². The number of nitrogens with one attached hydrogen (secondary N) is 1. The first-order valence-electron chi connectivity index (χ1n) is 10.7. The molecule has 166 valence electrons. The molecule has 0 saturated carbocycles. The second-order valence-electron chi connectivity index (χ2n) is 8.29. The zero-order chi connectivity index (χ0) is 23.5. The highest BCUT2D eigenvalue weighted by Crippen LogP contribution is 2.26. The Morgan fingerprint density at radius 2 is 1.84 bits per heavy atom. The number of aromatic nitrogens is 2. The van der Waals surface area contributed by atoms with Crippen LogP contribution < -0.4 is 10.9 Å². The van der Waals surface area contributed by atoms with Crippen molar-refractivity contribution < 1.29 is 4.79 Å². The van der Waals surface area contributed by atoms with Crippen molar-refractivity contribution in [1.29, 1.82) is 5.26 Å². The lowest BCUT2D eigenvalue weighted by molar-refractivity contribution is -0.121. The lowest BCUT2D eigenvalue weighted by Crippen LogP contribution is -2.51. The van der Waals surface area contributed by atoms with Gasteiger partial charge in [-0.05, 0) is 56.0 Å². The summed E-state index contributed by atoms with van der Waals surface area (Å²) in [5.41, 5.74) is 1.29. The van der Waals surface area contributed by atoms with Crippen LogP contribution in [0.2, 0.25) is 0 Å². The van der Waals surface area contributed by atoms with Crippen LogP contribution in [0.3, 0.4) is 0 Å². The lowest BCUT2D eigenvalue weighted by atomic mass is 9.90. The van der Waals surface area contributed by atoms with Gasteiger partial charge in [-0.15, -0.1) is 0 Å². The normalized spacial score (nSPS) is 14.0. The van der Waals surface area contributed by atoms with E-state index in [1.807, 2.05) is 50.2 Å². The molecule has 0 radical (unpaired) electrons.